The van der Waals surface area contributed by atoms with Gasteiger partial charge in [-0.2, -0.15) is 0 Å². The molecule has 0 bridgehead atoms. The standard InChI is InChI=1S/C14H27NO/c1-10(2)9-15-14(16)13-7-5-12(6-8-13)11(3)4/h10-13H,5-9H2,1-4H3,(H,15,16). The van der Waals surface area contributed by atoms with Crippen molar-refractivity contribution in [3.8, 4) is 0 Å². The molecule has 94 valence electrons. The third kappa shape index (κ3) is 4.15. The fraction of sp³-hybridized carbons (Fsp3) is 0.929. The van der Waals surface area contributed by atoms with Crippen molar-refractivity contribution < 1.29 is 4.79 Å². The number of hydrogen-bond acceptors (Lipinski definition) is 1. The SMILES string of the molecule is CC(C)CNC(=O)C1CCC(C(C)C)CC1. The molecule has 0 unspecified atom stereocenters. The highest BCUT2D eigenvalue weighted by atomic mass is 16.1. The lowest BCUT2D eigenvalue weighted by molar-refractivity contribution is -0.126. The summed E-state index contributed by atoms with van der Waals surface area (Å²) < 4.78 is 0. The van der Waals surface area contributed by atoms with E-state index in [-0.39, 0.29) is 11.8 Å². The van der Waals surface area contributed by atoms with Crippen molar-refractivity contribution in [1.82, 2.24) is 5.32 Å². The molecule has 0 aromatic heterocycles. The second-order valence-corrected chi connectivity index (χ2v) is 5.99. The maximum absolute atomic E-state index is 11.9. The molecule has 1 N–H and O–H groups in total. The van der Waals surface area contributed by atoms with E-state index in [1.165, 1.54) is 12.8 Å². The Labute approximate surface area is 100 Å². The second kappa shape index (κ2) is 6.27. The monoisotopic (exact) mass is 225 g/mol. The van der Waals surface area contributed by atoms with Crippen molar-refractivity contribution >= 4 is 5.91 Å². The minimum absolute atomic E-state index is 0.286. The molecule has 1 aliphatic carbocycles. The lowest BCUT2D eigenvalue weighted by atomic mass is 9.76. The Hall–Kier alpha value is -0.530. The Morgan fingerprint density at radius 2 is 1.69 bits per heavy atom. The fourth-order valence-electron chi connectivity index (χ4n) is 2.50. The number of nitrogens with one attached hydrogen (secondary N) is 1. The molecule has 1 fully saturated rings. The van der Waals surface area contributed by atoms with Crippen LogP contribution in [0.25, 0.3) is 0 Å². The van der Waals surface area contributed by atoms with E-state index < -0.39 is 0 Å². The van der Waals surface area contributed by atoms with Crippen LogP contribution in [0.15, 0.2) is 0 Å². The van der Waals surface area contributed by atoms with E-state index in [2.05, 4.69) is 33.0 Å². The van der Waals surface area contributed by atoms with Crippen LogP contribution in [0.3, 0.4) is 0 Å². The van der Waals surface area contributed by atoms with Crippen molar-refractivity contribution in [1.29, 1.82) is 0 Å². The van der Waals surface area contributed by atoms with Crippen molar-refractivity contribution in [3.63, 3.8) is 0 Å². The van der Waals surface area contributed by atoms with Gasteiger partial charge in [0, 0.05) is 12.5 Å². The first kappa shape index (κ1) is 13.5. The molecule has 1 aliphatic rings. The molecule has 2 nitrogen and oxygen atoms in total. The predicted molar refractivity (Wildman–Crippen MR) is 68.1 cm³/mol. The maximum atomic E-state index is 11.9. The normalized spacial score (nSPS) is 26.1. The fourth-order valence-corrected chi connectivity index (χ4v) is 2.50. The van der Waals surface area contributed by atoms with Crippen molar-refractivity contribution in [2.45, 2.75) is 53.4 Å². The summed E-state index contributed by atoms with van der Waals surface area (Å²) in [5.41, 5.74) is 0. The van der Waals surface area contributed by atoms with E-state index in [1.54, 1.807) is 0 Å². The van der Waals surface area contributed by atoms with Gasteiger partial charge in [0.1, 0.15) is 0 Å². The summed E-state index contributed by atoms with van der Waals surface area (Å²) in [6, 6.07) is 0. The van der Waals surface area contributed by atoms with Gasteiger partial charge in [-0.25, -0.2) is 0 Å². The van der Waals surface area contributed by atoms with Gasteiger partial charge in [0.05, 0.1) is 0 Å². The number of hydrogen-bond donors (Lipinski definition) is 1. The zero-order chi connectivity index (χ0) is 12.1. The van der Waals surface area contributed by atoms with E-state index in [0.29, 0.717) is 5.92 Å². The van der Waals surface area contributed by atoms with E-state index in [9.17, 15) is 4.79 Å². The molecule has 0 radical (unpaired) electrons. The lowest BCUT2D eigenvalue weighted by Gasteiger charge is -2.30. The molecule has 1 amide bonds. The van der Waals surface area contributed by atoms with Crippen LogP contribution in [0, 0.1) is 23.7 Å². The molecule has 0 atom stereocenters. The molecule has 0 heterocycles. The van der Waals surface area contributed by atoms with Crippen LogP contribution in [0.2, 0.25) is 0 Å². The molecule has 0 aliphatic heterocycles. The van der Waals surface area contributed by atoms with E-state index >= 15 is 0 Å². The molecule has 0 spiro atoms. The topological polar surface area (TPSA) is 29.1 Å². The van der Waals surface area contributed by atoms with Gasteiger partial charge >= 0.3 is 0 Å². The third-order valence-corrected chi connectivity index (χ3v) is 3.77. The lowest BCUT2D eigenvalue weighted by Crippen LogP contribution is -2.35. The minimum atomic E-state index is 0.286. The molecular weight excluding hydrogens is 198 g/mol. The zero-order valence-electron chi connectivity index (χ0n) is 11.3. The highest BCUT2D eigenvalue weighted by molar-refractivity contribution is 5.78. The van der Waals surface area contributed by atoms with E-state index in [4.69, 9.17) is 0 Å². The summed E-state index contributed by atoms with van der Waals surface area (Å²) in [6.07, 6.45) is 4.65. The molecule has 1 rings (SSSR count). The van der Waals surface area contributed by atoms with Gasteiger partial charge in [0.25, 0.3) is 0 Å². The smallest absolute Gasteiger partial charge is 0.223 e. The Morgan fingerprint density at radius 1 is 1.12 bits per heavy atom. The minimum Gasteiger partial charge on any atom is -0.356 e. The molecule has 0 aromatic carbocycles. The van der Waals surface area contributed by atoms with Gasteiger partial charge < -0.3 is 5.32 Å². The van der Waals surface area contributed by atoms with Gasteiger partial charge in [0.15, 0.2) is 0 Å². The highest BCUT2D eigenvalue weighted by Gasteiger charge is 2.27. The molecule has 16 heavy (non-hydrogen) atoms. The Morgan fingerprint density at radius 3 is 2.12 bits per heavy atom. The largest absolute Gasteiger partial charge is 0.356 e. The summed E-state index contributed by atoms with van der Waals surface area (Å²) in [7, 11) is 0. The van der Waals surface area contributed by atoms with Crippen LogP contribution in [-0.4, -0.2) is 12.5 Å². The van der Waals surface area contributed by atoms with Crippen LogP contribution in [0.5, 0.6) is 0 Å². The first-order valence-electron chi connectivity index (χ1n) is 6.78. The number of amides is 1. The van der Waals surface area contributed by atoms with Crippen molar-refractivity contribution in [2.75, 3.05) is 6.54 Å². The van der Waals surface area contributed by atoms with Gasteiger partial charge in [-0.3, -0.25) is 4.79 Å². The number of carbonyl (C=O) groups is 1. The van der Waals surface area contributed by atoms with Gasteiger partial charge in [-0.15, -0.1) is 0 Å². The van der Waals surface area contributed by atoms with Crippen LogP contribution in [-0.2, 0) is 4.79 Å². The Kier molecular flexibility index (Phi) is 5.30. The molecule has 1 saturated carbocycles. The van der Waals surface area contributed by atoms with Gasteiger partial charge in [-0.05, 0) is 43.4 Å². The summed E-state index contributed by atoms with van der Waals surface area (Å²) >= 11 is 0. The van der Waals surface area contributed by atoms with Crippen molar-refractivity contribution in [2.24, 2.45) is 23.7 Å². The Bertz CT molecular complexity index is 215. The average molecular weight is 225 g/mol. The van der Waals surface area contributed by atoms with E-state index in [0.717, 1.165) is 31.2 Å². The van der Waals surface area contributed by atoms with Crippen LogP contribution in [0.4, 0.5) is 0 Å². The molecule has 0 aromatic rings. The third-order valence-electron chi connectivity index (χ3n) is 3.77. The number of rotatable bonds is 4. The summed E-state index contributed by atoms with van der Waals surface area (Å²) in [5.74, 6) is 2.74. The zero-order valence-corrected chi connectivity index (χ0v) is 11.3. The summed E-state index contributed by atoms with van der Waals surface area (Å²) in [5, 5.41) is 3.06. The van der Waals surface area contributed by atoms with Crippen LogP contribution in [0.1, 0.15) is 53.4 Å². The van der Waals surface area contributed by atoms with Crippen LogP contribution < -0.4 is 5.32 Å². The average Bonchev–Trinajstić information content (AvgIpc) is 2.26. The highest BCUT2D eigenvalue weighted by Crippen LogP contribution is 2.33. The maximum Gasteiger partial charge on any atom is 0.223 e. The van der Waals surface area contributed by atoms with Crippen molar-refractivity contribution in [3.05, 3.63) is 0 Å². The molecule has 0 saturated heterocycles. The first-order valence-corrected chi connectivity index (χ1v) is 6.78. The predicted octanol–water partition coefficient (Wildman–Crippen LogP) is 3.22. The molecule has 2 heteroatoms. The quantitative estimate of drug-likeness (QED) is 0.782. The molecular formula is C14H27NO. The van der Waals surface area contributed by atoms with Gasteiger partial charge in [-0.1, -0.05) is 27.7 Å². The summed E-state index contributed by atoms with van der Waals surface area (Å²) in [6.45, 7) is 9.68. The van der Waals surface area contributed by atoms with Gasteiger partial charge in [0.2, 0.25) is 5.91 Å². The Balaban J connectivity index is 2.27. The van der Waals surface area contributed by atoms with Crippen LogP contribution >= 0.6 is 0 Å². The number of carbonyl (C=O) groups excluding carboxylic acids is 1. The first-order chi connectivity index (χ1) is 7.50. The second-order valence-electron chi connectivity index (χ2n) is 5.99. The van der Waals surface area contributed by atoms with E-state index in [1.807, 2.05) is 0 Å². The summed E-state index contributed by atoms with van der Waals surface area (Å²) in [4.78, 5) is 11.9.